The number of pyridine rings is 1. The van der Waals surface area contributed by atoms with Crippen molar-refractivity contribution >= 4 is 41.1 Å². The Kier molecular flexibility index (Phi) is 3.73. The summed E-state index contributed by atoms with van der Waals surface area (Å²) in [4.78, 5) is 19.9. The Morgan fingerprint density at radius 2 is 1.81 bits per heavy atom. The van der Waals surface area contributed by atoms with Crippen LogP contribution in [0, 0.1) is 0 Å². The molecular formula is C15H8Cl2N2O2. The first-order valence-corrected chi connectivity index (χ1v) is 6.77. The molecule has 2 heterocycles. The van der Waals surface area contributed by atoms with Gasteiger partial charge in [-0.05, 0) is 35.9 Å². The quantitative estimate of drug-likeness (QED) is 0.626. The molecule has 0 unspecified atom stereocenters. The van der Waals surface area contributed by atoms with E-state index in [2.05, 4.69) is 9.98 Å². The third-order valence-corrected chi connectivity index (χ3v) is 3.53. The highest BCUT2D eigenvalue weighted by atomic mass is 35.5. The average molecular weight is 319 g/mol. The highest BCUT2D eigenvalue weighted by molar-refractivity contribution is 6.42. The summed E-state index contributed by atoms with van der Waals surface area (Å²) >= 11 is 11.8. The molecule has 0 fully saturated rings. The maximum atomic E-state index is 11.8. The van der Waals surface area contributed by atoms with E-state index in [4.69, 9.17) is 27.9 Å². The Morgan fingerprint density at radius 1 is 1.05 bits per heavy atom. The number of benzene rings is 1. The lowest BCUT2D eigenvalue weighted by Gasteiger charge is -1.97. The van der Waals surface area contributed by atoms with Crippen molar-refractivity contribution in [2.24, 2.45) is 4.99 Å². The van der Waals surface area contributed by atoms with Gasteiger partial charge in [0, 0.05) is 18.0 Å². The summed E-state index contributed by atoms with van der Waals surface area (Å²) in [6, 6.07) is 8.49. The van der Waals surface area contributed by atoms with Crippen molar-refractivity contribution in [2.75, 3.05) is 0 Å². The molecule has 21 heavy (non-hydrogen) atoms. The van der Waals surface area contributed by atoms with E-state index in [0.717, 1.165) is 5.56 Å². The molecule has 1 aliphatic heterocycles. The number of hydrogen-bond acceptors (Lipinski definition) is 4. The first-order valence-electron chi connectivity index (χ1n) is 6.01. The Labute approximate surface area is 130 Å². The highest BCUT2D eigenvalue weighted by Gasteiger charge is 2.24. The summed E-state index contributed by atoms with van der Waals surface area (Å²) in [6.07, 6.45) is 4.80. The minimum absolute atomic E-state index is 0.209. The summed E-state index contributed by atoms with van der Waals surface area (Å²) < 4.78 is 5.14. The van der Waals surface area contributed by atoms with Gasteiger partial charge in [-0.1, -0.05) is 29.3 Å². The smallest absolute Gasteiger partial charge is 0.363 e. The number of halogens is 2. The standard InChI is InChI=1S/C15H8Cl2N2O2/c16-11-2-1-9(7-12(11)17)8-13-15(20)21-14(19-13)10-3-5-18-6-4-10/h1-8H/b13-8+. The van der Waals surface area contributed by atoms with Gasteiger partial charge in [0.05, 0.1) is 10.0 Å². The van der Waals surface area contributed by atoms with Crippen LogP contribution in [0.15, 0.2) is 53.4 Å². The van der Waals surface area contributed by atoms with Crippen LogP contribution in [0.25, 0.3) is 6.08 Å². The van der Waals surface area contributed by atoms with Crippen LogP contribution in [-0.2, 0) is 9.53 Å². The van der Waals surface area contributed by atoms with Gasteiger partial charge in [-0.2, -0.15) is 0 Å². The molecule has 0 amide bonds. The number of carbonyl (C=O) groups is 1. The lowest BCUT2D eigenvalue weighted by Crippen LogP contribution is -2.05. The van der Waals surface area contributed by atoms with Crippen molar-refractivity contribution in [3.63, 3.8) is 0 Å². The number of ether oxygens (including phenoxy) is 1. The Hall–Kier alpha value is -2.17. The molecule has 0 spiro atoms. The van der Waals surface area contributed by atoms with Crippen LogP contribution < -0.4 is 0 Å². The van der Waals surface area contributed by atoms with Crippen molar-refractivity contribution in [1.82, 2.24) is 4.98 Å². The van der Waals surface area contributed by atoms with E-state index < -0.39 is 5.97 Å². The number of cyclic esters (lactones) is 1. The molecule has 0 aliphatic carbocycles. The van der Waals surface area contributed by atoms with E-state index >= 15 is 0 Å². The van der Waals surface area contributed by atoms with Crippen LogP contribution >= 0.6 is 23.2 Å². The molecule has 1 aliphatic rings. The molecule has 4 nitrogen and oxygen atoms in total. The predicted octanol–water partition coefficient (Wildman–Crippen LogP) is 3.73. The van der Waals surface area contributed by atoms with Gasteiger partial charge in [-0.15, -0.1) is 0 Å². The summed E-state index contributed by atoms with van der Waals surface area (Å²) in [7, 11) is 0. The molecule has 1 aromatic heterocycles. The zero-order valence-corrected chi connectivity index (χ0v) is 12.1. The van der Waals surface area contributed by atoms with Gasteiger partial charge in [0.1, 0.15) is 0 Å². The second kappa shape index (κ2) is 5.68. The van der Waals surface area contributed by atoms with E-state index in [1.807, 2.05) is 0 Å². The topological polar surface area (TPSA) is 51.5 Å². The van der Waals surface area contributed by atoms with Crippen molar-refractivity contribution in [2.45, 2.75) is 0 Å². The molecular weight excluding hydrogens is 311 g/mol. The van der Waals surface area contributed by atoms with Crippen LogP contribution in [0.2, 0.25) is 10.0 Å². The summed E-state index contributed by atoms with van der Waals surface area (Å²) in [5, 5.41) is 0.865. The number of nitrogens with zero attached hydrogens (tertiary/aromatic N) is 2. The van der Waals surface area contributed by atoms with Crippen LogP contribution in [0.4, 0.5) is 0 Å². The van der Waals surface area contributed by atoms with Crippen molar-refractivity contribution in [3.8, 4) is 0 Å². The maximum Gasteiger partial charge on any atom is 0.363 e. The number of rotatable bonds is 2. The number of hydrogen-bond donors (Lipinski definition) is 0. The highest BCUT2D eigenvalue weighted by Crippen LogP contribution is 2.25. The van der Waals surface area contributed by atoms with Crippen LogP contribution in [0.5, 0.6) is 0 Å². The van der Waals surface area contributed by atoms with Crippen molar-refractivity contribution in [1.29, 1.82) is 0 Å². The van der Waals surface area contributed by atoms with Gasteiger partial charge in [0.25, 0.3) is 0 Å². The molecule has 6 heteroatoms. The molecule has 3 rings (SSSR count). The third kappa shape index (κ3) is 2.96. The minimum atomic E-state index is -0.507. The molecule has 0 saturated carbocycles. The van der Waals surface area contributed by atoms with E-state index in [1.165, 1.54) is 0 Å². The fraction of sp³-hybridized carbons (Fsp3) is 0. The third-order valence-electron chi connectivity index (χ3n) is 2.79. The molecule has 2 aromatic rings. The first-order chi connectivity index (χ1) is 10.1. The van der Waals surface area contributed by atoms with Crippen molar-refractivity contribution < 1.29 is 9.53 Å². The lowest BCUT2D eigenvalue weighted by molar-refractivity contribution is -0.129. The molecule has 0 saturated heterocycles. The summed E-state index contributed by atoms with van der Waals surface area (Å²) in [5.41, 5.74) is 1.62. The van der Waals surface area contributed by atoms with E-state index in [1.54, 1.807) is 48.8 Å². The summed E-state index contributed by atoms with van der Waals surface area (Å²) in [5.74, 6) is -0.249. The molecule has 0 N–H and O–H groups in total. The van der Waals surface area contributed by atoms with Gasteiger partial charge in [-0.3, -0.25) is 4.98 Å². The zero-order chi connectivity index (χ0) is 14.8. The fourth-order valence-electron chi connectivity index (χ4n) is 1.79. The van der Waals surface area contributed by atoms with Gasteiger partial charge in [-0.25, -0.2) is 9.79 Å². The molecule has 0 bridgehead atoms. The number of esters is 1. The SMILES string of the molecule is O=C1OC(c2ccncc2)=N/C1=C/c1ccc(Cl)c(Cl)c1. The van der Waals surface area contributed by atoms with E-state index in [-0.39, 0.29) is 11.6 Å². The molecule has 0 radical (unpaired) electrons. The van der Waals surface area contributed by atoms with E-state index in [9.17, 15) is 4.79 Å². The Balaban J connectivity index is 1.95. The number of aliphatic imine (C=N–C) groups is 1. The van der Waals surface area contributed by atoms with Gasteiger partial charge in [0.15, 0.2) is 5.70 Å². The van der Waals surface area contributed by atoms with Crippen LogP contribution in [-0.4, -0.2) is 16.9 Å². The van der Waals surface area contributed by atoms with Gasteiger partial charge >= 0.3 is 5.97 Å². The number of aromatic nitrogens is 1. The monoisotopic (exact) mass is 318 g/mol. The summed E-state index contributed by atoms with van der Waals surface area (Å²) in [6.45, 7) is 0. The first kappa shape index (κ1) is 13.8. The minimum Gasteiger partial charge on any atom is -0.402 e. The fourth-order valence-corrected chi connectivity index (χ4v) is 2.09. The Bertz CT molecular complexity index is 770. The van der Waals surface area contributed by atoms with Gasteiger partial charge in [0.2, 0.25) is 5.90 Å². The lowest BCUT2D eigenvalue weighted by atomic mass is 10.2. The van der Waals surface area contributed by atoms with Crippen molar-refractivity contribution in [3.05, 3.63) is 69.6 Å². The second-order valence-corrected chi connectivity index (χ2v) is 5.06. The Morgan fingerprint density at radius 3 is 2.52 bits per heavy atom. The average Bonchev–Trinajstić information content (AvgIpc) is 2.85. The predicted molar refractivity (Wildman–Crippen MR) is 81.3 cm³/mol. The second-order valence-electron chi connectivity index (χ2n) is 4.25. The van der Waals surface area contributed by atoms with Gasteiger partial charge < -0.3 is 4.74 Å². The molecule has 1 aromatic carbocycles. The number of carbonyl (C=O) groups excluding carboxylic acids is 1. The van der Waals surface area contributed by atoms with Crippen LogP contribution in [0.1, 0.15) is 11.1 Å². The molecule has 104 valence electrons. The largest absolute Gasteiger partial charge is 0.402 e. The van der Waals surface area contributed by atoms with Crippen LogP contribution in [0.3, 0.4) is 0 Å². The van der Waals surface area contributed by atoms with E-state index in [0.29, 0.717) is 15.6 Å². The maximum absolute atomic E-state index is 11.8. The molecule has 0 atom stereocenters. The zero-order valence-electron chi connectivity index (χ0n) is 10.6. The normalized spacial score (nSPS) is 16.0.